The number of hydrogen-bond acceptors (Lipinski definition) is 0. The van der Waals surface area contributed by atoms with E-state index in [9.17, 15) is 0 Å². The van der Waals surface area contributed by atoms with Crippen LogP contribution in [0.25, 0.3) is 5.57 Å². The van der Waals surface area contributed by atoms with Crippen molar-refractivity contribution in [1.29, 1.82) is 0 Å². The summed E-state index contributed by atoms with van der Waals surface area (Å²) in [6.07, 6.45) is 3.73. The Morgan fingerprint density at radius 3 is 2.00 bits per heavy atom. The standard InChI is InChI=1S/C19H18/c1-4-16(5-2)19(17-12-7-6-8-13-17)18-14-10-9-11-15(18)3/h4-14H,1-2H2,3H3. The van der Waals surface area contributed by atoms with Crippen LogP contribution in [0.2, 0.25) is 0 Å². The largest absolute Gasteiger partial charge is 0.0984 e. The molecule has 0 heterocycles. The minimum Gasteiger partial charge on any atom is -0.0984 e. The Bertz CT molecular complexity index is 605. The fourth-order valence-electron chi connectivity index (χ4n) is 2.22. The molecule has 0 bridgehead atoms. The van der Waals surface area contributed by atoms with Crippen molar-refractivity contribution in [3.8, 4) is 0 Å². The van der Waals surface area contributed by atoms with Crippen LogP contribution in [0.5, 0.6) is 0 Å². The molecule has 0 aromatic heterocycles. The topological polar surface area (TPSA) is 0 Å². The molecule has 0 saturated heterocycles. The minimum atomic E-state index is 1.06. The Kier molecular flexibility index (Phi) is 4.15. The van der Waals surface area contributed by atoms with Crippen LogP contribution >= 0.6 is 0 Å². The zero-order valence-electron chi connectivity index (χ0n) is 11.3. The van der Waals surface area contributed by atoms with E-state index >= 15 is 0 Å². The lowest BCUT2D eigenvalue weighted by molar-refractivity contribution is 1.40. The lowest BCUT2D eigenvalue weighted by Crippen LogP contribution is -1.94. The first-order valence-electron chi connectivity index (χ1n) is 6.38. The molecule has 2 aromatic carbocycles. The molecule has 2 rings (SSSR count). The summed E-state index contributed by atoms with van der Waals surface area (Å²) in [5, 5.41) is 0. The highest BCUT2D eigenvalue weighted by molar-refractivity contribution is 5.86. The quantitative estimate of drug-likeness (QED) is 0.653. The van der Waals surface area contributed by atoms with E-state index in [1.165, 1.54) is 22.3 Å². The Morgan fingerprint density at radius 2 is 1.42 bits per heavy atom. The van der Waals surface area contributed by atoms with Crippen LogP contribution in [-0.2, 0) is 0 Å². The molecule has 0 amide bonds. The Labute approximate surface area is 115 Å². The molecule has 0 aliphatic carbocycles. The highest BCUT2D eigenvalue weighted by Gasteiger charge is 2.10. The van der Waals surface area contributed by atoms with Gasteiger partial charge in [0.25, 0.3) is 0 Å². The maximum absolute atomic E-state index is 3.90. The SMILES string of the molecule is C=CC(C=C)=C(c1ccccc1)c1ccccc1C. The van der Waals surface area contributed by atoms with Gasteiger partial charge in [0.05, 0.1) is 0 Å². The van der Waals surface area contributed by atoms with Crippen LogP contribution < -0.4 is 0 Å². The number of allylic oxidation sites excluding steroid dienone is 3. The van der Waals surface area contributed by atoms with Crippen molar-refractivity contribution in [2.45, 2.75) is 6.92 Å². The van der Waals surface area contributed by atoms with E-state index in [2.05, 4.69) is 68.6 Å². The van der Waals surface area contributed by atoms with E-state index in [0.717, 1.165) is 5.57 Å². The number of rotatable bonds is 4. The molecule has 0 fully saturated rings. The molecule has 0 N–H and O–H groups in total. The first-order chi connectivity index (χ1) is 9.27. The maximum atomic E-state index is 3.90. The van der Waals surface area contributed by atoms with E-state index in [4.69, 9.17) is 0 Å². The molecule has 0 radical (unpaired) electrons. The molecule has 94 valence electrons. The minimum absolute atomic E-state index is 1.06. The fraction of sp³-hybridized carbons (Fsp3) is 0.0526. The molecule has 2 aromatic rings. The third-order valence-corrected chi connectivity index (χ3v) is 3.21. The summed E-state index contributed by atoms with van der Waals surface area (Å²) in [6.45, 7) is 9.94. The van der Waals surface area contributed by atoms with Crippen molar-refractivity contribution < 1.29 is 0 Å². The van der Waals surface area contributed by atoms with Gasteiger partial charge in [-0.15, -0.1) is 0 Å². The van der Waals surface area contributed by atoms with Gasteiger partial charge < -0.3 is 0 Å². The summed E-state index contributed by atoms with van der Waals surface area (Å²) in [7, 11) is 0. The van der Waals surface area contributed by atoms with Gasteiger partial charge in [0.2, 0.25) is 0 Å². The van der Waals surface area contributed by atoms with Crippen LogP contribution in [0.15, 0.2) is 85.5 Å². The van der Waals surface area contributed by atoms with Gasteiger partial charge >= 0.3 is 0 Å². The van der Waals surface area contributed by atoms with Crippen LogP contribution in [0.3, 0.4) is 0 Å². The summed E-state index contributed by atoms with van der Waals surface area (Å²) in [5.41, 5.74) is 5.90. The van der Waals surface area contributed by atoms with Gasteiger partial charge in [-0.05, 0) is 34.8 Å². The van der Waals surface area contributed by atoms with E-state index in [-0.39, 0.29) is 0 Å². The van der Waals surface area contributed by atoms with E-state index in [1.54, 1.807) is 0 Å². The van der Waals surface area contributed by atoms with Gasteiger partial charge in [-0.3, -0.25) is 0 Å². The van der Waals surface area contributed by atoms with Crippen LogP contribution in [-0.4, -0.2) is 0 Å². The smallest absolute Gasteiger partial charge is 0.00366 e. The summed E-state index contributed by atoms with van der Waals surface area (Å²) in [4.78, 5) is 0. The molecule has 0 nitrogen and oxygen atoms in total. The maximum Gasteiger partial charge on any atom is -0.00366 e. The predicted molar refractivity (Wildman–Crippen MR) is 84.0 cm³/mol. The second kappa shape index (κ2) is 6.01. The first kappa shape index (κ1) is 13.1. The van der Waals surface area contributed by atoms with E-state index in [1.807, 2.05) is 18.2 Å². The van der Waals surface area contributed by atoms with Gasteiger partial charge in [0, 0.05) is 0 Å². The molecule has 0 aliphatic heterocycles. The second-order valence-electron chi connectivity index (χ2n) is 4.42. The lowest BCUT2D eigenvalue weighted by Gasteiger charge is -2.14. The summed E-state index contributed by atoms with van der Waals surface area (Å²) in [5.74, 6) is 0. The van der Waals surface area contributed by atoms with Crippen molar-refractivity contribution in [2.75, 3.05) is 0 Å². The normalized spacial score (nSPS) is 9.74. The van der Waals surface area contributed by atoms with Gasteiger partial charge in [-0.25, -0.2) is 0 Å². The summed E-state index contributed by atoms with van der Waals surface area (Å²) < 4.78 is 0. The molecule has 0 saturated carbocycles. The van der Waals surface area contributed by atoms with Crippen molar-refractivity contribution in [2.24, 2.45) is 0 Å². The zero-order valence-corrected chi connectivity index (χ0v) is 11.3. The number of benzene rings is 2. The third kappa shape index (κ3) is 2.74. The van der Waals surface area contributed by atoms with Crippen molar-refractivity contribution >= 4 is 5.57 Å². The number of aryl methyl sites for hydroxylation is 1. The first-order valence-corrected chi connectivity index (χ1v) is 6.38. The average molecular weight is 246 g/mol. The Morgan fingerprint density at radius 1 is 0.842 bits per heavy atom. The van der Waals surface area contributed by atoms with Crippen molar-refractivity contribution in [3.63, 3.8) is 0 Å². The van der Waals surface area contributed by atoms with Gasteiger partial charge in [-0.1, -0.05) is 79.9 Å². The molecule has 0 spiro atoms. The molecular formula is C19H18. The second-order valence-corrected chi connectivity index (χ2v) is 4.42. The molecule has 0 heteroatoms. The Hall–Kier alpha value is -2.34. The highest BCUT2D eigenvalue weighted by atomic mass is 14.1. The highest BCUT2D eigenvalue weighted by Crippen LogP contribution is 2.30. The summed E-state index contributed by atoms with van der Waals surface area (Å²) in [6, 6.07) is 18.8. The molecule has 0 atom stereocenters. The van der Waals surface area contributed by atoms with Crippen LogP contribution in [0, 0.1) is 6.92 Å². The molecular weight excluding hydrogens is 228 g/mol. The monoisotopic (exact) mass is 246 g/mol. The van der Waals surface area contributed by atoms with Crippen molar-refractivity contribution in [3.05, 3.63) is 102 Å². The van der Waals surface area contributed by atoms with Crippen LogP contribution in [0.1, 0.15) is 16.7 Å². The summed E-state index contributed by atoms with van der Waals surface area (Å²) >= 11 is 0. The fourth-order valence-corrected chi connectivity index (χ4v) is 2.22. The van der Waals surface area contributed by atoms with Gasteiger partial charge in [-0.2, -0.15) is 0 Å². The Balaban J connectivity index is 2.74. The average Bonchev–Trinajstić information content (AvgIpc) is 2.47. The molecule has 0 unspecified atom stereocenters. The van der Waals surface area contributed by atoms with Gasteiger partial charge in [0.1, 0.15) is 0 Å². The molecule has 19 heavy (non-hydrogen) atoms. The van der Waals surface area contributed by atoms with Crippen LogP contribution in [0.4, 0.5) is 0 Å². The predicted octanol–water partition coefficient (Wildman–Crippen LogP) is 5.17. The van der Waals surface area contributed by atoms with E-state index < -0.39 is 0 Å². The zero-order chi connectivity index (χ0) is 13.7. The molecule has 0 aliphatic rings. The number of hydrogen-bond donors (Lipinski definition) is 0. The van der Waals surface area contributed by atoms with E-state index in [0.29, 0.717) is 0 Å². The lowest BCUT2D eigenvalue weighted by atomic mass is 9.90. The third-order valence-electron chi connectivity index (χ3n) is 3.21. The van der Waals surface area contributed by atoms with Crippen molar-refractivity contribution in [1.82, 2.24) is 0 Å². The van der Waals surface area contributed by atoms with Gasteiger partial charge in [0.15, 0.2) is 0 Å².